The van der Waals surface area contributed by atoms with Gasteiger partial charge in [-0.05, 0) is 85.1 Å². The van der Waals surface area contributed by atoms with E-state index in [1.165, 1.54) is 32.9 Å². The van der Waals surface area contributed by atoms with Gasteiger partial charge in [0.1, 0.15) is 0 Å². The van der Waals surface area contributed by atoms with E-state index in [0.29, 0.717) is 11.8 Å². The minimum Gasteiger partial charge on any atom is -0.316 e. The van der Waals surface area contributed by atoms with Crippen LogP contribution in [0, 0.1) is 11.3 Å². The van der Waals surface area contributed by atoms with Crippen molar-refractivity contribution >= 4 is 39.2 Å². The molecule has 3 atom stereocenters. The number of rotatable bonds is 7. The Labute approximate surface area is 296 Å². The Morgan fingerprint density at radius 1 is 0.880 bits per heavy atom. The molecule has 2 unspecified atom stereocenters. The highest BCUT2D eigenvalue weighted by Gasteiger charge is 2.44. The number of benzene rings is 4. The van der Waals surface area contributed by atoms with E-state index in [1.807, 2.05) is 99.8 Å². The second-order valence-electron chi connectivity index (χ2n) is 12.5. The third kappa shape index (κ3) is 6.43. The van der Waals surface area contributed by atoms with Gasteiger partial charge in [-0.1, -0.05) is 130 Å². The highest BCUT2D eigenvalue weighted by Crippen LogP contribution is 2.50. The Morgan fingerprint density at radius 2 is 1.58 bits per heavy atom. The van der Waals surface area contributed by atoms with Crippen LogP contribution >= 0.6 is 0 Å². The van der Waals surface area contributed by atoms with Gasteiger partial charge in [-0.2, -0.15) is 0 Å². The number of pyridine rings is 1. The molecule has 2 bridgehead atoms. The third-order valence-electron chi connectivity index (χ3n) is 9.71. The van der Waals surface area contributed by atoms with E-state index in [1.54, 1.807) is 0 Å². The maximum absolute atomic E-state index is 8.30. The summed E-state index contributed by atoms with van der Waals surface area (Å²) in [5.74, 6) is 0.272. The summed E-state index contributed by atoms with van der Waals surface area (Å²) in [5.41, 5.74) is 9.28. The second-order valence-corrected chi connectivity index (χ2v) is 12.5. The molecular weight excluding hydrogens is 609 g/mol. The molecule has 0 fully saturated rings. The van der Waals surface area contributed by atoms with Crippen molar-refractivity contribution in [2.45, 2.75) is 38.6 Å². The van der Waals surface area contributed by atoms with Crippen molar-refractivity contribution in [2.75, 3.05) is 7.05 Å². The SMILES string of the molecule is C=Cc1cccnc1C1=C[C@@]2(c3ccc4c(c3)c3ccccc3n4-c3ccc(C(=N)/C=C\C)cc3)C=CC1C(NC)C2.CC.c1ccccc1. The first-order chi connectivity index (χ1) is 24.6. The first-order valence-electron chi connectivity index (χ1n) is 17.6. The van der Waals surface area contributed by atoms with E-state index in [0.717, 1.165) is 28.9 Å². The average molecular weight is 655 g/mol. The fourth-order valence-electron chi connectivity index (χ4n) is 7.38. The standard InChI is InChI=1S/C38H34N4.C6H6.C2H6/c1-4-9-33(39)26-13-16-28(17-14-26)42-35-12-7-6-11-30(35)31-22-27(15-18-36(31)42)38-20-19-29(34(24-38)40-3)32(23-38)37-25(5-2)10-8-21-41-37;1-2-4-6-5-3-1;1-2/h4-23,29,34,39-40H,2,24H2,1,3H3;1-6H;1-2H3/b9-4-,39-33?;;/t29?,34?,38-;;/m0../s1. The Hall–Kier alpha value is -5.58. The average Bonchev–Trinajstić information content (AvgIpc) is 3.53. The zero-order chi connectivity index (χ0) is 35.1. The number of aromatic nitrogens is 2. The molecule has 0 saturated carbocycles. The van der Waals surface area contributed by atoms with Gasteiger partial charge in [-0.3, -0.25) is 4.98 Å². The van der Waals surface area contributed by atoms with E-state index in [9.17, 15) is 0 Å². The molecule has 0 amide bonds. The molecule has 250 valence electrons. The Bertz CT molecular complexity index is 2170. The number of hydrogen-bond acceptors (Lipinski definition) is 3. The number of hydrogen-bond donors (Lipinski definition) is 2. The monoisotopic (exact) mass is 654 g/mol. The molecule has 2 heterocycles. The molecule has 4 heteroatoms. The smallest absolute Gasteiger partial charge is 0.0737 e. The maximum Gasteiger partial charge on any atom is 0.0737 e. The lowest BCUT2D eigenvalue weighted by Gasteiger charge is -2.46. The number of para-hydroxylation sites is 1. The zero-order valence-corrected chi connectivity index (χ0v) is 29.5. The summed E-state index contributed by atoms with van der Waals surface area (Å²) in [5, 5.41) is 14.4. The molecule has 0 spiro atoms. The van der Waals surface area contributed by atoms with Crippen LogP contribution in [0.1, 0.15) is 49.6 Å². The molecule has 2 N–H and O–H groups in total. The van der Waals surface area contributed by atoms with E-state index in [2.05, 4.69) is 102 Å². The molecule has 4 aromatic carbocycles. The molecule has 2 aromatic heterocycles. The summed E-state index contributed by atoms with van der Waals surface area (Å²) < 4.78 is 2.34. The van der Waals surface area contributed by atoms with Crippen molar-refractivity contribution in [3.05, 3.63) is 181 Å². The zero-order valence-electron chi connectivity index (χ0n) is 29.5. The highest BCUT2D eigenvalue weighted by atomic mass is 15.0. The lowest BCUT2D eigenvalue weighted by atomic mass is 9.61. The summed E-state index contributed by atoms with van der Waals surface area (Å²) in [7, 11) is 2.07. The summed E-state index contributed by atoms with van der Waals surface area (Å²) in [6.07, 6.45) is 15.8. The molecular formula is C46H46N4. The van der Waals surface area contributed by atoms with Gasteiger partial charge in [0.2, 0.25) is 0 Å². The molecule has 0 aliphatic heterocycles. The van der Waals surface area contributed by atoms with Crippen molar-refractivity contribution in [1.82, 2.24) is 14.9 Å². The molecule has 4 nitrogen and oxygen atoms in total. The van der Waals surface area contributed by atoms with E-state index in [4.69, 9.17) is 10.4 Å². The lowest BCUT2D eigenvalue weighted by molar-refractivity contribution is 0.370. The normalized spacial score (nSPS) is 19.0. The summed E-state index contributed by atoms with van der Waals surface area (Å²) in [4.78, 5) is 4.82. The van der Waals surface area contributed by atoms with Crippen LogP contribution < -0.4 is 5.32 Å². The number of nitrogens with one attached hydrogen (secondary N) is 2. The van der Waals surface area contributed by atoms with Crippen molar-refractivity contribution in [1.29, 1.82) is 5.41 Å². The number of allylic oxidation sites excluding steroid dienone is 4. The quantitative estimate of drug-likeness (QED) is 0.133. The van der Waals surface area contributed by atoms with E-state index < -0.39 is 0 Å². The van der Waals surface area contributed by atoms with Gasteiger partial charge in [0.05, 0.1) is 22.4 Å². The number of fused-ring (bicyclic) bond motifs is 4. The number of nitrogens with zero attached hydrogens (tertiary/aromatic N) is 2. The fourth-order valence-corrected chi connectivity index (χ4v) is 7.38. The maximum atomic E-state index is 8.30. The third-order valence-corrected chi connectivity index (χ3v) is 9.71. The molecule has 3 aliphatic rings. The molecule has 0 radical (unpaired) electrons. The lowest BCUT2D eigenvalue weighted by Crippen LogP contribution is -2.46. The van der Waals surface area contributed by atoms with Crippen LogP contribution in [-0.2, 0) is 5.41 Å². The molecule has 50 heavy (non-hydrogen) atoms. The van der Waals surface area contributed by atoms with E-state index >= 15 is 0 Å². The van der Waals surface area contributed by atoms with Gasteiger partial charge in [0.15, 0.2) is 0 Å². The van der Waals surface area contributed by atoms with Crippen LogP contribution in [0.15, 0.2) is 158 Å². The van der Waals surface area contributed by atoms with Crippen LogP contribution in [0.4, 0.5) is 0 Å². The van der Waals surface area contributed by atoms with Gasteiger partial charge in [0, 0.05) is 40.0 Å². The Kier molecular flexibility index (Phi) is 10.5. The van der Waals surface area contributed by atoms with Gasteiger partial charge in [-0.25, -0.2) is 0 Å². The van der Waals surface area contributed by atoms with E-state index in [-0.39, 0.29) is 11.3 Å². The van der Waals surface area contributed by atoms with Crippen molar-refractivity contribution < 1.29 is 0 Å². The first-order valence-corrected chi connectivity index (χ1v) is 17.6. The van der Waals surface area contributed by atoms with Crippen molar-refractivity contribution in [3.63, 3.8) is 0 Å². The molecule has 6 aromatic rings. The predicted octanol–water partition coefficient (Wildman–Crippen LogP) is 11.0. The summed E-state index contributed by atoms with van der Waals surface area (Å²) >= 11 is 0. The van der Waals surface area contributed by atoms with Crippen LogP contribution in [0.3, 0.4) is 0 Å². The van der Waals surface area contributed by atoms with Crippen LogP contribution in [-0.4, -0.2) is 28.4 Å². The molecule has 9 rings (SSSR count). The summed E-state index contributed by atoms with van der Waals surface area (Å²) in [6, 6.07) is 40.3. The fraction of sp³-hybridized carbons (Fsp3) is 0.174. The van der Waals surface area contributed by atoms with Crippen molar-refractivity contribution in [3.8, 4) is 5.69 Å². The van der Waals surface area contributed by atoms with Crippen LogP contribution in [0.2, 0.25) is 0 Å². The molecule has 0 saturated heterocycles. The Balaban J connectivity index is 0.000000484. The van der Waals surface area contributed by atoms with Crippen LogP contribution in [0.5, 0.6) is 0 Å². The topological polar surface area (TPSA) is 53.7 Å². The largest absolute Gasteiger partial charge is 0.316 e. The summed E-state index contributed by atoms with van der Waals surface area (Å²) in [6.45, 7) is 10.00. The minimum absolute atomic E-state index is 0.236. The highest BCUT2D eigenvalue weighted by molar-refractivity contribution is 6.10. The first kappa shape index (κ1) is 34.3. The second kappa shape index (κ2) is 15.3. The van der Waals surface area contributed by atoms with Gasteiger partial charge in [0.25, 0.3) is 0 Å². The molecule has 3 aliphatic carbocycles. The van der Waals surface area contributed by atoms with Gasteiger partial charge < -0.3 is 15.3 Å². The Morgan fingerprint density at radius 3 is 2.26 bits per heavy atom. The minimum atomic E-state index is -0.236. The van der Waals surface area contributed by atoms with Crippen molar-refractivity contribution in [2.24, 2.45) is 5.92 Å². The van der Waals surface area contributed by atoms with Gasteiger partial charge >= 0.3 is 0 Å². The predicted molar refractivity (Wildman–Crippen MR) is 214 cm³/mol. The van der Waals surface area contributed by atoms with Crippen LogP contribution in [0.25, 0.3) is 39.1 Å². The van der Waals surface area contributed by atoms with Gasteiger partial charge in [-0.15, -0.1) is 0 Å².